The number of hydrogen-bond donors (Lipinski definition) is 1. The van der Waals surface area contributed by atoms with E-state index in [0.717, 1.165) is 25.3 Å². The van der Waals surface area contributed by atoms with E-state index >= 15 is 0 Å². The maximum absolute atomic E-state index is 13.5. The van der Waals surface area contributed by atoms with Crippen molar-refractivity contribution < 1.29 is 19.0 Å². The van der Waals surface area contributed by atoms with Crippen LogP contribution in [0.15, 0.2) is 18.2 Å². The van der Waals surface area contributed by atoms with Gasteiger partial charge >= 0.3 is 6.09 Å². The van der Waals surface area contributed by atoms with Gasteiger partial charge in [0.2, 0.25) is 0 Å². The average molecular weight is 360 g/mol. The highest BCUT2D eigenvalue weighted by molar-refractivity contribution is 5.69. The van der Waals surface area contributed by atoms with Gasteiger partial charge in [-0.15, -0.1) is 0 Å². The zero-order valence-electron chi connectivity index (χ0n) is 15.5. The molecule has 2 aliphatic rings. The van der Waals surface area contributed by atoms with Gasteiger partial charge in [-0.2, -0.15) is 5.26 Å². The molecule has 1 aromatic carbocycles. The van der Waals surface area contributed by atoms with Crippen molar-refractivity contribution in [2.45, 2.75) is 76.2 Å². The maximum Gasteiger partial charge on any atom is 0.410 e. The van der Waals surface area contributed by atoms with Crippen molar-refractivity contribution in [3.8, 4) is 6.07 Å². The zero-order valence-corrected chi connectivity index (χ0v) is 15.5. The number of carbonyl (C=O) groups is 1. The minimum Gasteiger partial charge on any atom is -0.444 e. The molecule has 6 heteroatoms. The number of fused-ring (bicyclic) bond motifs is 2. The van der Waals surface area contributed by atoms with Gasteiger partial charge in [0.1, 0.15) is 11.4 Å². The summed E-state index contributed by atoms with van der Waals surface area (Å²) >= 11 is 0. The van der Waals surface area contributed by atoms with Gasteiger partial charge in [0, 0.05) is 30.5 Å². The molecule has 2 saturated heterocycles. The molecule has 0 spiro atoms. The van der Waals surface area contributed by atoms with Crippen LogP contribution in [0.5, 0.6) is 0 Å². The predicted molar refractivity (Wildman–Crippen MR) is 93.7 cm³/mol. The van der Waals surface area contributed by atoms with E-state index in [1.807, 2.05) is 26.8 Å². The topological polar surface area (TPSA) is 73.6 Å². The van der Waals surface area contributed by atoms with E-state index < -0.39 is 17.0 Å². The van der Waals surface area contributed by atoms with E-state index in [9.17, 15) is 19.6 Å². The molecular weight excluding hydrogens is 335 g/mol. The number of nitriles is 1. The van der Waals surface area contributed by atoms with Crippen LogP contribution in [-0.4, -0.2) is 33.8 Å². The molecule has 26 heavy (non-hydrogen) atoms. The summed E-state index contributed by atoms with van der Waals surface area (Å²) in [5.41, 5.74) is -1.23. The molecule has 0 aromatic heterocycles. The lowest BCUT2D eigenvalue weighted by molar-refractivity contribution is -0.0966. The summed E-state index contributed by atoms with van der Waals surface area (Å²) in [4.78, 5) is 14.4. The number of aliphatic hydroxyl groups is 1. The van der Waals surface area contributed by atoms with Crippen LogP contribution in [0.1, 0.15) is 64.0 Å². The smallest absolute Gasteiger partial charge is 0.410 e. The van der Waals surface area contributed by atoms with Crippen molar-refractivity contribution in [1.82, 2.24) is 4.90 Å². The number of hydrogen-bond acceptors (Lipinski definition) is 4. The number of nitrogens with zero attached hydrogens (tertiary/aromatic N) is 2. The van der Waals surface area contributed by atoms with Crippen LogP contribution >= 0.6 is 0 Å². The molecule has 0 aliphatic carbocycles. The summed E-state index contributed by atoms with van der Waals surface area (Å²) in [6, 6.07) is 5.59. The number of carbonyl (C=O) groups excluding carboxylic acids is 1. The van der Waals surface area contributed by atoms with E-state index in [1.54, 1.807) is 4.90 Å². The van der Waals surface area contributed by atoms with Gasteiger partial charge in [0.25, 0.3) is 0 Å². The standard InChI is InChI=1S/C20H25FN2O3/c1-19(2,3)26-18(24)23-15-5-4-6-16(23)11-20(25,10-15)17-8-7-14(21)9-13(17)12-22/h7-9,15-16,25H,4-6,10-11H2,1-3H3. The first kappa shape index (κ1) is 18.7. The van der Waals surface area contributed by atoms with Crippen LogP contribution in [-0.2, 0) is 10.3 Å². The van der Waals surface area contributed by atoms with E-state index in [1.165, 1.54) is 12.1 Å². The summed E-state index contributed by atoms with van der Waals surface area (Å²) < 4.78 is 19.0. The summed E-state index contributed by atoms with van der Waals surface area (Å²) in [7, 11) is 0. The van der Waals surface area contributed by atoms with Gasteiger partial charge in [-0.1, -0.05) is 6.07 Å². The van der Waals surface area contributed by atoms with E-state index in [0.29, 0.717) is 18.4 Å². The maximum atomic E-state index is 13.5. The molecule has 1 aromatic rings. The molecule has 1 amide bonds. The third-order valence-electron chi connectivity index (χ3n) is 5.22. The van der Waals surface area contributed by atoms with Gasteiger partial charge in [-0.25, -0.2) is 9.18 Å². The van der Waals surface area contributed by atoms with E-state index in [4.69, 9.17) is 4.74 Å². The summed E-state index contributed by atoms with van der Waals surface area (Å²) in [6.45, 7) is 5.50. The van der Waals surface area contributed by atoms with Crippen molar-refractivity contribution in [3.63, 3.8) is 0 Å². The second-order valence-electron chi connectivity index (χ2n) is 8.37. The van der Waals surface area contributed by atoms with Crippen LogP contribution in [0.25, 0.3) is 0 Å². The predicted octanol–water partition coefficient (Wildman–Crippen LogP) is 3.84. The molecule has 2 aliphatic heterocycles. The molecule has 2 bridgehead atoms. The number of piperidine rings is 2. The molecule has 5 nitrogen and oxygen atoms in total. The minimum atomic E-state index is -1.24. The summed E-state index contributed by atoms with van der Waals surface area (Å²) in [5, 5.41) is 20.7. The van der Waals surface area contributed by atoms with Gasteiger partial charge in [-0.05, 0) is 52.2 Å². The second kappa shape index (κ2) is 6.55. The Labute approximate surface area is 153 Å². The van der Waals surface area contributed by atoms with Crippen molar-refractivity contribution in [1.29, 1.82) is 5.26 Å². The largest absolute Gasteiger partial charge is 0.444 e. The highest BCUT2D eigenvalue weighted by Gasteiger charge is 2.49. The Hall–Kier alpha value is -2.13. The lowest BCUT2D eigenvalue weighted by atomic mass is 9.71. The van der Waals surface area contributed by atoms with Gasteiger partial charge < -0.3 is 14.7 Å². The molecule has 2 heterocycles. The zero-order chi connectivity index (χ0) is 19.1. The fourth-order valence-corrected chi connectivity index (χ4v) is 4.28. The Bertz CT molecular complexity index is 736. The molecule has 0 saturated carbocycles. The summed E-state index contributed by atoms with van der Waals surface area (Å²) in [6.07, 6.45) is 2.84. The monoisotopic (exact) mass is 360 g/mol. The molecule has 2 atom stereocenters. The molecule has 140 valence electrons. The Morgan fingerprint density at radius 2 is 1.96 bits per heavy atom. The Morgan fingerprint density at radius 1 is 1.35 bits per heavy atom. The van der Waals surface area contributed by atoms with Crippen molar-refractivity contribution in [2.24, 2.45) is 0 Å². The minimum absolute atomic E-state index is 0.149. The lowest BCUT2D eigenvalue weighted by Gasteiger charge is -2.52. The second-order valence-corrected chi connectivity index (χ2v) is 8.37. The van der Waals surface area contributed by atoms with Crippen LogP contribution in [0.3, 0.4) is 0 Å². The first-order valence-electron chi connectivity index (χ1n) is 9.07. The summed E-state index contributed by atoms with van der Waals surface area (Å²) in [5.74, 6) is -0.500. The van der Waals surface area contributed by atoms with Crippen molar-refractivity contribution >= 4 is 6.09 Å². The molecule has 0 radical (unpaired) electrons. The van der Waals surface area contributed by atoms with Crippen molar-refractivity contribution in [2.75, 3.05) is 0 Å². The SMILES string of the molecule is CC(C)(C)OC(=O)N1C2CCCC1CC(O)(c1ccc(F)cc1C#N)C2. The third-order valence-corrected chi connectivity index (χ3v) is 5.22. The average Bonchev–Trinajstić information content (AvgIpc) is 2.51. The Balaban J connectivity index is 1.90. The number of amides is 1. The van der Waals surface area contributed by atoms with Crippen LogP contribution < -0.4 is 0 Å². The molecule has 1 N–H and O–H groups in total. The van der Waals surface area contributed by atoms with Crippen molar-refractivity contribution in [3.05, 3.63) is 35.1 Å². The highest BCUT2D eigenvalue weighted by atomic mass is 19.1. The third kappa shape index (κ3) is 3.54. The van der Waals surface area contributed by atoms with Gasteiger partial charge in [-0.3, -0.25) is 0 Å². The lowest BCUT2D eigenvalue weighted by Crippen LogP contribution is -2.59. The number of rotatable bonds is 1. The van der Waals surface area contributed by atoms with Crippen LogP contribution in [0.2, 0.25) is 0 Å². The Kier molecular flexibility index (Phi) is 4.70. The molecule has 3 rings (SSSR count). The van der Waals surface area contributed by atoms with E-state index in [2.05, 4.69) is 0 Å². The first-order valence-corrected chi connectivity index (χ1v) is 9.07. The van der Waals surface area contributed by atoms with Gasteiger partial charge in [0.15, 0.2) is 0 Å². The first-order chi connectivity index (χ1) is 12.1. The van der Waals surface area contributed by atoms with E-state index in [-0.39, 0.29) is 23.7 Å². The highest BCUT2D eigenvalue weighted by Crippen LogP contribution is 2.45. The number of halogens is 1. The fourth-order valence-electron chi connectivity index (χ4n) is 4.28. The number of ether oxygens (including phenoxy) is 1. The Morgan fingerprint density at radius 3 is 2.50 bits per heavy atom. The molecular formula is C20H25FN2O3. The normalized spacial score (nSPS) is 28.4. The molecule has 2 fully saturated rings. The quantitative estimate of drug-likeness (QED) is 0.826. The van der Waals surface area contributed by atoms with Crippen LogP contribution in [0, 0.1) is 17.1 Å². The fraction of sp³-hybridized carbons (Fsp3) is 0.600. The van der Waals surface area contributed by atoms with Gasteiger partial charge in [0.05, 0.1) is 17.2 Å². The van der Waals surface area contributed by atoms with Crippen LogP contribution in [0.4, 0.5) is 9.18 Å². The number of benzene rings is 1. The molecule has 2 unspecified atom stereocenters.